The lowest BCUT2D eigenvalue weighted by Gasteiger charge is -2.16. The Morgan fingerprint density at radius 2 is 1.74 bits per heavy atom. The van der Waals surface area contributed by atoms with Crippen molar-refractivity contribution in [2.75, 3.05) is 19.6 Å². The van der Waals surface area contributed by atoms with Gasteiger partial charge in [-0.1, -0.05) is 44.2 Å². The highest BCUT2D eigenvalue weighted by atomic mass is 32.1. The molecular formula is C21H30N3O2S+. The molecule has 0 aliphatic carbocycles. The lowest BCUT2D eigenvalue weighted by molar-refractivity contribution is -0.676. The zero-order valence-corrected chi connectivity index (χ0v) is 17.1. The first-order valence-electron chi connectivity index (χ1n) is 9.55. The van der Waals surface area contributed by atoms with Gasteiger partial charge in [0.25, 0.3) is 5.91 Å². The molecule has 146 valence electrons. The summed E-state index contributed by atoms with van der Waals surface area (Å²) in [6, 6.07) is 12.9. The van der Waals surface area contributed by atoms with Crippen LogP contribution in [0.3, 0.4) is 0 Å². The van der Waals surface area contributed by atoms with Crippen LogP contribution in [-0.2, 0) is 9.59 Å². The molecule has 0 bridgehead atoms. The lowest BCUT2D eigenvalue weighted by Crippen LogP contribution is -2.87. The summed E-state index contributed by atoms with van der Waals surface area (Å²) in [6.45, 7) is 7.14. The minimum absolute atomic E-state index is 0.0216. The molecule has 2 rings (SSSR count). The number of carbonyl (C=O) groups is 2. The largest absolute Gasteiger partial charge is 0.355 e. The van der Waals surface area contributed by atoms with Crippen molar-refractivity contribution in [3.05, 3.63) is 57.8 Å². The Bertz CT molecular complexity index is 714. The summed E-state index contributed by atoms with van der Waals surface area (Å²) in [5, 5.41) is 9.42. The summed E-state index contributed by atoms with van der Waals surface area (Å²) in [5.74, 6) is 0.239. The highest BCUT2D eigenvalue weighted by molar-refractivity contribution is 7.10. The van der Waals surface area contributed by atoms with Crippen LogP contribution < -0.4 is 16.0 Å². The van der Waals surface area contributed by atoms with Crippen molar-refractivity contribution in [1.29, 1.82) is 0 Å². The first-order valence-corrected chi connectivity index (χ1v) is 10.4. The minimum atomic E-state index is -0.165. The summed E-state index contributed by atoms with van der Waals surface area (Å²) >= 11 is 1.69. The van der Waals surface area contributed by atoms with E-state index in [4.69, 9.17) is 0 Å². The number of thiophene rings is 1. The van der Waals surface area contributed by atoms with Crippen molar-refractivity contribution in [2.45, 2.75) is 39.2 Å². The van der Waals surface area contributed by atoms with E-state index >= 15 is 0 Å². The Morgan fingerprint density at radius 3 is 2.33 bits per heavy atom. The lowest BCUT2D eigenvalue weighted by atomic mass is 9.95. The fourth-order valence-electron chi connectivity index (χ4n) is 2.89. The van der Waals surface area contributed by atoms with Crippen LogP contribution in [0.1, 0.15) is 55.2 Å². The molecule has 0 saturated carbocycles. The van der Waals surface area contributed by atoms with Crippen molar-refractivity contribution in [3.8, 4) is 0 Å². The van der Waals surface area contributed by atoms with Crippen molar-refractivity contribution in [1.82, 2.24) is 10.6 Å². The van der Waals surface area contributed by atoms with Crippen LogP contribution in [0, 0.1) is 0 Å². The molecule has 2 aromatic rings. The molecule has 4 N–H and O–H groups in total. The van der Waals surface area contributed by atoms with Crippen molar-refractivity contribution in [2.24, 2.45) is 0 Å². The smallest absolute Gasteiger partial charge is 0.275 e. The van der Waals surface area contributed by atoms with E-state index in [1.807, 2.05) is 18.3 Å². The zero-order valence-electron chi connectivity index (χ0n) is 16.3. The van der Waals surface area contributed by atoms with Gasteiger partial charge in [-0.05, 0) is 36.3 Å². The van der Waals surface area contributed by atoms with E-state index in [0.29, 0.717) is 12.5 Å². The SMILES string of the molecule is CCNC(=O)CNC(=O)C[NH2+][C@H](c1ccc([C@H](C)CC)cc1)c1cccs1. The fourth-order valence-corrected chi connectivity index (χ4v) is 3.74. The van der Waals surface area contributed by atoms with Gasteiger partial charge in [0.15, 0.2) is 6.54 Å². The Morgan fingerprint density at radius 1 is 1.04 bits per heavy atom. The number of carbonyl (C=O) groups excluding carboxylic acids is 2. The van der Waals surface area contributed by atoms with E-state index in [2.05, 4.69) is 60.2 Å². The number of hydrogen-bond acceptors (Lipinski definition) is 3. The Kier molecular flexibility index (Phi) is 8.48. The molecule has 2 amide bonds. The predicted molar refractivity (Wildman–Crippen MR) is 110 cm³/mol. The van der Waals surface area contributed by atoms with Gasteiger partial charge in [0.1, 0.15) is 6.04 Å². The number of likely N-dealkylation sites (N-methyl/N-ethyl adjacent to an activating group) is 1. The Labute approximate surface area is 165 Å². The molecule has 6 heteroatoms. The molecule has 0 aliphatic rings. The Balaban J connectivity index is 2.01. The molecule has 2 atom stereocenters. The van der Waals surface area contributed by atoms with Crippen LogP contribution in [0.2, 0.25) is 0 Å². The molecule has 0 radical (unpaired) electrons. The highest BCUT2D eigenvalue weighted by Gasteiger charge is 2.20. The molecule has 1 aromatic heterocycles. The van der Waals surface area contributed by atoms with E-state index in [1.54, 1.807) is 11.3 Å². The van der Waals surface area contributed by atoms with Crippen LogP contribution in [0.4, 0.5) is 0 Å². The van der Waals surface area contributed by atoms with Gasteiger partial charge in [-0.3, -0.25) is 9.59 Å². The van der Waals surface area contributed by atoms with Gasteiger partial charge in [-0.2, -0.15) is 0 Å². The Hall–Kier alpha value is -2.18. The maximum atomic E-state index is 12.1. The molecule has 27 heavy (non-hydrogen) atoms. The van der Waals surface area contributed by atoms with Crippen LogP contribution in [0.5, 0.6) is 0 Å². The normalized spacial score (nSPS) is 13.0. The van der Waals surface area contributed by atoms with E-state index in [1.165, 1.54) is 16.0 Å². The van der Waals surface area contributed by atoms with Crippen molar-refractivity contribution in [3.63, 3.8) is 0 Å². The van der Waals surface area contributed by atoms with Gasteiger partial charge in [-0.15, -0.1) is 11.3 Å². The number of nitrogens with one attached hydrogen (secondary N) is 2. The first-order chi connectivity index (χ1) is 13.0. The third-order valence-electron chi connectivity index (χ3n) is 4.69. The summed E-state index contributed by atoms with van der Waals surface area (Å²) in [4.78, 5) is 24.8. The monoisotopic (exact) mass is 388 g/mol. The summed E-state index contributed by atoms with van der Waals surface area (Å²) in [5.41, 5.74) is 2.52. The second-order valence-corrected chi connectivity index (χ2v) is 7.62. The average molecular weight is 389 g/mol. The van der Waals surface area contributed by atoms with Crippen molar-refractivity contribution < 1.29 is 14.9 Å². The third kappa shape index (κ3) is 6.48. The quantitative estimate of drug-likeness (QED) is 0.583. The number of benzene rings is 1. The summed E-state index contributed by atoms with van der Waals surface area (Å²) in [6.07, 6.45) is 1.12. The van der Waals surface area contributed by atoms with Crippen LogP contribution in [0.15, 0.2) is 41.8 Å². The maximum absolute atomic E-state index is 12.1. The molecular weight excluding hydrogens is 358 g/mol. The molecule has 0 aliphatic heterocycles. The average Bonchev–Trinajstić information content (AvgIpc) is 3.21. The van der Waals surface area contributed by atoms with Gasteiger partial charge >= 0.3 is 0 Å². The molecule has 0 spiro atoms. The molecule has 1 aromatic carbocycles. The second-order valence-electron chi connectivity index (χ2n) is 6.64. The summed E-state index contributed by atoms with van der Waals surface area (Å²) in [7, 11) is 0. The van der Waals surface area contributed by atoms with Gasteiger partial charge in [0, 0.05) is 12.1 Å². The number of amides is 2. The number of quaternary nitrogens is 1. The second kappa shape index (κ2) is 10.8. The van der Waals surface area contributed by atoms with Gasteiger partial charge in [-0.25, -0.2) is 0 Å². The minimum Gasteiger partial charge on any atom is -0.355 e. The highest BCUT2D eigenvalue weighted by Crippen LogP contribution is 2.25. The topological polar surface area (TPSA) is 74.8 Å². The molecule has 0 saturated heterocycles. The predicted octanol–water partition coefficient (Wildman–Crippen LogP) is 2.17. The van der Waals surface area contributed by atoms with E-state index in [9.17, 15) is 9.59 Å². The van der Waals surface area contributed by atoms with Gasteiger partial charge in [0.2, 0.25) is 5.91 Å². The number of rotatable bonds is 10. The van der Waals surface area contributed by atoms with Gasteiger partial charge in [0.05, 0.1) is 11.4 Å². The fraction of sp³-hybridized carbons (Fsp3) is 0.429. The maximum Gasteiger partial charge on any atom is 0.275 e. The molecule has 0 unspecified atom stereocenters. The standard InChI is InChI=1S/C21H29N3O2S/c1-4-15(3)16-8-10-17(11-9-16)21(18-7-6-12-27-18)24-14-20(26)23-13-19(25)22-5-2/h6-12,15,21,24H,4-5,13-14H2,1-3H3,(H,22,25)(H,23,26)/p+1/t15-,21-/m1/s1. The molecule has 1 heterocycles. The van der Waals surface area contributed by atoms with Gasteiger partial charge < -0.3 is 16.0 Å². The van der Waals surface area contributed by atoms with Crippen LogP contribution >= 0.6 is 11.3 Å². The van der Waals surface area contributed by atoms with Crippen LogP contribution in [0.25, 0.3) is 0 Å². The first kappa shape index (κ1) is 21.1. The number of nitrogens with two attached hydrogens (primary N) is 1. The van der Waals surface area contributed by atoms with Crippen LogP contribution in [-0.4, -0.2) is 31.4 Å². The zero-order chi connectivity index (χ0) is 19.6. The van der Waals surface area contributed by atoms with E-state index in [-0.39, 0.29) is 30.9 Å². The summed E-state index contributed by atoms with van der Waals surface area (Å²) < 4.78 is 0. The third-order valence-corrected chi connectivity index (χ3v) is 5.64. The van der Waals surface area contributed by atoms with E-state index < -0.39 is 0 Å². The van der Waals surface area contributed by atoms with E-state index in [0.717, 1.165) is 6.42 Å². The van der Waals surface area contributed by atoms with Crippen molar-refractivity contribution >= 4 is 23.2 Å². The molecule has 0 fully saturated rings. The molecule has 5 nitrogen and oxygen atoms in total. The number of hydrogen-bond donors (Lipinski definition) is 3.